The van der Waals surface area contributed by atoms with E-state index in [-0.39, 0.29) is 30.0 Å². The van der Waals surface area contributed by atoms with Crippen molar-refractivity contribution in [1.82, 2.24) is 4.72 Å². The summed E-state index contributed by atoms with van der Waals surface area (Å²) >= 11 is 0. The highest BCUT2D eigenvalue weighted by Crippen LogP contribution is 2.14. The van der Waals surface area contributed by atoms with Crippen LogP contribution in [0.3, 0.4) is 0 Å². The summed E-state index contributed by atoms with van der Waals surface area (Å²) in [5, 5.41) is 8.46. The predicted molar refractivity (Wildman–Crippen MR) is 96.9 cm³/mol. The van der Waals surface area contributed by atoms with Crippen LogP contribution in [0.2, 0.25) is 0 Å². The molecule has 2 aromatic rings. The van der Waals surface area contributed by atoms with Crippen LogP contribution in [0.25, 0.3) is 0 Å². The van der Waals surface area contributed by atoms with E-state index in [4.69, 9.17) is 10.00 Å². The van der Waals surface area contributed by atoms with E-state index in [0.29, 0.717) is 0 Å². The van der Waals surface area contributed by atoms with Crippen molar-refractivity contribution in [2.45, 2.75) is 31.8 Å². The molecule has 0 bridgehead atoms. The second kappa shape index (κ2) is 8.61. The molecular formula is C19H20N2O4S. The van der Waals surface area contributed by atoms with Crippen molar-refractivity contribution in [2.75, 3.05) is 6.54 Å². The first-order valence-electron chi connectivity index (χ1n) is 8.03. The summed E-state index contributed by atoms with van der Waals surface area (Å²) in [6, 6.07) is 13.3. The van der Waals surface area contributed by atoms with Crippen LogP contribution in [0.4, 0.5) is 0 Å². The van der Waals surface area contributed by atoms with Gasteiger partial charge in [0.1, 0.15) is 6.61 Å². The zero-order chi connectivity index (χ0) is 19.2. The van der Waals surface area contributed by atoms with E-state index < -0.39 is 16.0 Å². The third-order valence-corrected chi connectivity index (χ3v) is 5.06. The lowest BCUT2D eigenvalue weighted by atomic mass is 10.1. The van der Waals surface area contributed by atoms with Gasteiger partial charge in [-0.1, -0.05) is 29.3 Å². The van der Waals surface area contributed by atoms with Crippen LogP contribution in [0.15, 0.2) is 47.4 Å². The number of rotatable bonds is 7. The topological polar surface area (TPSA) is 96.3 Å². The van der Waals surface area contributed by atoms with Crippen LogP contribution < -0.4 is 4.72 Å². The number of hydrogen-bond acceptors (Lipinski definition) is 5. The molecule has 0 aromatic heterocycles. The number of nitrogens with one attached hydrogen (secondary N) is 1. The van der Waals surface area contributed by atoms with Gasteiger partial charge in [0.15, 0.2) is 0 Å². The normalized spacial score (nSPS) is 11.0. The molecule has 136 valence electrons. The molecule has 26 heavy (non-hydrogen) atoms. The van der Waals surface area contributed by atoms with Crippen molar-refractivity contribution >= 4 is 16.0 Å². The second-order valence-corrected chi connectivity index (χ2v) is 7.67. The molecule has 7 heteroatoms. The Morgan fingerprint density at radius 1 is 1.12 bits per heavy atom. The molecule has 0 fully saturated rings. The molecule has 0 unspecified atom stereocenters. The van der Waals surface area contributed by atoms with Gasteiger partial charge in [-0.05, 0) is 43.7 Å². The van der Waals surface area contributed by atoms with Crippen LogP contribution in [0, 0.1) is 25.2 Å². The number of aryl methyl sites for hydroxylation is 2. The molecule has 6 nitrogen and oxygen atoms in total. The van der Waals surface area contributed by atoms with E-state index in [2.05, 4.69) is 4.72 Å². The predicted octanol–water partition coefficient (Wildman–Crippen LogP) is 2.85. The first-order valence-corrected chi connectivity index (χ1v) is 9.51. The lowest BCUT2D eigenvalue weighted by molar-refractivity contribution is 0.0472. The van der Waals surface area contributed by atoms with Gasteiger partial charge in [-0.3, -0.25) is 0 Å². The summed E-state index contributed by atoms with van der Waals surface area (Å²) in [5.41, 5.74) is 3.35. The highest BCUT2D eigenvalue weighted by molar-refractivity contribution is 7.89. The summed E-state index contributed by atoms with van der Waals surface area (Å²) in [7, 11) is -3.69. The van der Waals surface area contributed by atoms with E-state index in [1.54, 1.807) is 0 Å². The van der Waals surface area contributed by atoms with Crippen molar-refractivity contribution in [3.8, 4) is 6.07 Å². The van der Waals surface area contributed by atoms with Gasteiger partial charge < -0.3 is 4.74 Å². The van der Waals surface area contributed by atoms with E-state index in [1.165, 1.54) is 24.3 Å². The molecule has 0 saturated heterocycles. The second-order valence-electron chi connectivity index (χ2n) is 5.90. The molecule has 1 N–H and O–H groups in total. The Labute approximate surface area is 153 Å². The van der Waals surface area contributed by atoms with Gasteiger partial charge in [0.25, 0.3) is 0 Å². The third-order valence-electron chi connectivity index (χ3n) is 3.58. The summed E-state index contributed by atoms with van der Waals surface area (Å²) < 4.78 is 31.7. The molecular weight excluding hydrogens is 352 g/mol. The van der Waals surface area contributed by atoms with Gasteiger partial charge in [-0.15, -0.1) is 0 Å². The Bertz CT molecular complexity index is 909. The fourth-order valence-corrected chi connectivity index (χ4v) is 3.51. The number of carbonyl (C=O) groups excluding carboxylic acids is 1. The quantitative estimate of drug-likeness (QED) is 0.595. The van der Waals surface area contributed by atoms with Gasteiger partial charge in [-0.25, -0.2) is 17.9 Å². The molecule has 0 atom stereocenters. The maximum absolute atomic E-state index is 12.1. The van der Waals surface area contributed by atoms with Crippen LogP contribution in [0.5, 0.6) is 0 Å². The number of esters is 1. The van der Waals surface area contributed by atoms with E-state index in [0.717, 1.165) is 16.7 Å². The van der Waals surface area contributed by atoms with Crippen LogP contribution in [-0.2, 0) is 21.4 Å². The van der Waals surface area contributed by atoms with Gasteiger partial charge in [0, 0.05) is 13.0 Å². The molecule has 2 aromatic carbocycles. The van der Waals surface area contributed by atoms with Crippen LogP contribution in [-0.4, -0.2) is 20.9 Å². The van der Waals surface area contributed by atoms with Crippen LogP contribution >= 0.6 is 0 Å². The Morgan fingerprint density at radius 2 is 1.73 bits per heavy atom. The Hall–Kier alpha value is -2.69. The van der Waals surface area contributed by atoms with Gasteiger partial charge in [-0.2, -0.15) is 5.26 Å². The first-order chi connectivity index (χ1) is 12.3. The largest absolute Gasteiger partial charge is 0.457 e. The Morgan fingerprint density at radius 3 is 2.31 bits per heavy atom. The Balaban J connectivity index is 2.01. The van der Waals surface area contributed by atoms with E-state index in [9.17, 15) is 13.2 Å². The van der Waals surface area contributed by atoms with Gasteiger partial charge in [0.05, 0.1) is 16.5 Å². The monoisotopic (exact) mass is 372 g/mol. The standard InChI is InChI=1S/C19H20N2O4S/c1-14-10-15(2)12-16(11-14)13-25-19(22)17-4-6-18(7-5-17)26(23,24)21-9-3-8-20/h4-7,10-12,21H,3,9,13H2,1-2H3. The van der Waals surface area contributed by atoms with Crippen LogP contribution in [0.1, 0.15) is 33.5 Å². The molecule has 2 rings (SSSR count). The van der Waals surface area contributed by atoms with Gasteiger partial charge >= 0.3 is 5.97 Å². The number of carbonyl (C=O) groups is 1. The number of nitriles is 1. The fraction of sp³-hybridized carbons (Fsp3) is 0.263. The molecule has 0 aliphatic rings. The lowest BCUT2D eigenvalue weighted by Crippen LogP contribution is -2.24. The highest BCUT2D eigenvalue weighted by Gasteiger charge is 2.15. The van der Waals surface area contributed by atoms with Crippen molar-refractivity contribution in [1.29, 1.82) is 5.26 Å². The molecule has 0 radical (unpaired) electrons. The average Bonchev–Trinajstić information content (AvgIpc) is 2.59. The molecule has 0 aliphatic heterocycles. The summed E-state index contributed by atoms with van der Waals surface area (Å²) in [6.07, 6.45) is 0.0854. The SMILES string of the molecule is Cc1cc(C)cc(COC(=O)c2ccc(S(=O)(=O)NCCC#N)cc2)c1. The molecule has 0 saturated carbocycles. The number of ether oxygens (including phenoxy) is 1. The summed E-state index contributed by atoms with van der Waals surface area (Å²) in [4.78, 5) is 12.2. The van der Waals surface area contributed by atoms with Crippen molar-refractivity contribution in [3.63, 3.8) is 0 Å². The third kappa shape index (κ3) is 5.41. The van der Waals surface area contributed by atoms with E-state index >= 15 is 0 Å². The Kier molecular flexibility index (Phi) is 6.50. The molecule has 0 aliphatic carbocycles. The minimum atomic E-state index is -3.69. The number of sulfonamides is 1. The lowest BCUT2D eigenvalue weighted by Gasteiger charge is -2.08. The number of nitrogens with zero attached hydrogens (tertiary/aromatic N) is 1. The number of hydrogen-bond donors (Lipinski definition) is 1. The van der Waals surface area contributed by atoms with Crippen molar-refractivity contribution < 1.29 is 17.9 Å². The fourth-order valence-electron chi connectivity index (χ4n) is 2.48. The molecule has 0 amide bonds. The summed E-state index contributed by atoms with van der Waals surface area (Å²) in [5.74, 6) is -0.523. The average molecular weight is 372 g/mol. The molecule has 0 heterocycles. The molecule has 0 spiro atoms. The minimum absolute atomic E-state index is 0.0290. The van der Waals surface area contributed by atoms with Crippen molar-refractivity contribution in [3.05, 3.63) is 64.7 Å². The van der Waals surface area contributed by atoms with Crippen molar-refractivity contribution in [2.24, 2.45) is 0 Å². The minimum Gasteiger partial charge on any atom is -0.457 e. The summed E-state index contributed by atoms with van der Waals surface area (Å²) in [6.45, 7) is 4.14. The smallest absolute Gasteiger partial charge is 0.338 e. The highest BCUT2D eigenvalue weighted by atomic mass is 32.2. The maximum atomic E-state index is 12.1. The number of benzene rings is 2. The first kappa shape index (κ1) is 19.6. The zero-order valence-electron chi connectivity index (χ0n) is 14.7. The van der Waals surface area contributed by atoms with Gasteiger partial charge in [0.2, 0.25) is 10.0 Å². The maximum Gasteiger partial charge on any atom is 0.338 e. The zero-order valence-corrected chi connectivity index (χ0v) is 15.5. The van der Waals surface area contributed by atoms with E-state index in [1.807, 2.05) is 38.1 Å².